The number of non-ortho nitro benzene ring substituents is 1. The number of nitro groups is 1. The lowest BCUT2D eigenvalue weighted by Crippen LogP contribution is -2.38. The SMILES string of the molecule is CCCN(OCc1ccc([N+](=O)[O-])cc1)C(=O)C1=Cc2ccc(C(=O)OCC[N+](C)(C)C)cc2N=C(N)C1. The number of hydrogen-bond acceptors (Lipinski definition) is 8. The molecule has 0 saturated heterocycles. The van der Waals surface area contributed by atoms with Gasteiger partial charge in [0.2, 0.25) is 0 Å². The maximum absolute atomic E-state index is 13.4. The topological polar surface area (TPSA) is 137 Å². The van der Waals surface area contributed by atoms with Crippen molar-refractivity contribution >= 4 is 35.2 Å². The highest BCUT2D eigenvalue weighted by Gasteiger charge is 2.23. The number of fused-ring (bicyclic) bond motifs is 1. The summed E-state index contributed by atoms with van der Waals surface area (Å²) in [6, 6.07) is 10.9. The number of nitro benzene ring substituents is 1. The highest BCUT2D eigenvalue weighted by Crippen LogP contribution is 2.29. The second-order valence-electron chi connectivity index (χ2n) is 9.98. The maximum Gasteiger partial charge on any atom is 0.338 e. The summed E-state index contributed by atoms with van der Waals surface area (Å²) in [6.07, 6.45) is 2.46. The summed E-state index contributed by atoms with van der Waals surface area (Å²) in [5.74, 6) is -0.581. The van der Waals surface area contributed by atoms with Crippen LogP contribution in [-0.4, -0.2) is 73.0 Å². The number of amidine groups is 1. The fourth-order valence-electron chi connectivity index (χ4n) is 3.60. The van der Waals surface area contributed by atoms with E-state index in [0.29, 0.717) is 51.9 Å². The Morgan fingerprint density at radius 1 is 1.16 bits per heavy atom. The number of nitrogens with zero attached hydrogens (tertiary/aromatic N) is 4. The van der Waals surface area contributed by atoms with Crippen LogP contribution < -0.4 is 5.73 Å². The van der Waals surface area contributed by atoms with Gasteiger partial charge < -0.3 is 15.0 Å². The molecule has 0 saturated carbocycles. The number of aliphatic imine (C=N–C) groups is 1. The molecule has 0 unspecified atom stereocenters. The van der Waals surface area contributed by atoms with Crippen LogP contribution in [0.15, 0.2) is 53.0 Å². The van der Waals surface area contributed by atoms with Gasteiger partial charge in [0.05, 0.1) is 37.3 Å². The van der Waals surface area contributed by atoms with Crippen LogP contribution in [0.2, 0.25) is 0 Å². The van der Waals surface area contributed by atoms with Gasteiger partial charge in [-0.3, -0.25) is 19.7 Å². The second kappa shape index (κ2) is 12.4. The first kappa shape index (κ1) is 28.5. The molecule has 0 spiro atoms. The number of nitrogens with two attached hydrogens (primary N) is 1. The van der Waals surface area contributed by atoms with Gasteiger partial charge in [0, 0.05) is 36.2 Å². The summed E-state index contributed by atoms with van der Waals surface area (Å²) in [7, 11) is 6.05. The maximum atomic E-state index is 13.4. The largest absolute Gasteiger partial charge is 0.456 e. The van der Waals surface area contributed by atoms with Gasteiger partial charge in [0.1, 0.15) is 25.6 Å². The van der Waals surface area contributed by atoms with Gasteiger partial charge in [0.15, 0.2) is 0 Å². The number of carbonyl (C=O) groups excluding carboxylic acids is 2. The standard InChI is InChI=1S/C27H33N5O6/c1-5-12-30(38-18-19-6-10-23(11-7-19)31(35)36)26(33)22-15-20-8-9-21(16-24(20)29-25(28)17-22)27(34)37-14-13-32(2,3)4/h6-11,15-16H,5,12-14,17-18H2,1-4H3,(H-,28,29,33)/p+1. The van der Waals surface area contributed by atoms with Gasteiger partial charge in [-0.25, -0.2) is 14.9 Å². The van der Waals surface area contributed by atoms with E-state index in [1.54, 1.807) is 36.4 Å². The first-order valence-electron chi connectivity index (χ1n) is 12.3. The fourth-order valence-corrected chi connectivity index (χ4v) is 3.60. The third kappa shape index (κ3) is 7.95. The van der Waals surface area contributed by atoms with E-state index >= 15 is 0 Å². The summed E-state index contributed by atoms with van der Waals surface area (Å²) >= 11 is 0. The molecule has 2 N–H and O–H groups in total. The predicted molar refractivity (Wildman–Crippen MR) is 143 cm³/mol. The molecule has 0 fully saturated rings. The first-order chi connectivity index (χ1) is 18.0. The van der Waals surface area contributed by atoms with E-state index in [1.165, 1.54) is 17.2 Å². The zero-order valence-corrected chi connectivity index (χ0v) is 22.2. The van der Waals surface area contributed by atoms with E-state index in [0.717, 1.165) is 0 Å². The number of esters is 1. The van der Waals surface area contributed by atoms with Crippen LogP contribution >= 0.6 is 0 Å². The van der Waals surface area contributed by atoms with Crippen LogP contribution in [0.3, 0.4) is 0 Å². The highest BCUT2D eigenvalue weighted by atomic mass is 16.7. The van der Waals surface area contributed by atoms with E-state index in [-0.39, 0.29) is 37.1 Å². The van der Waals surface area contributed by atoms with Crippen LogP contribution in [0.1, 0.15) is 41.3 Å². The summed E-state index contributed by atoms with van der Waals surface area (Å²) in [5.41, 5.74) is 8.65. The Hall–Kier alpha value is -4.09. The molecule has 38 heavy (non-hydrogen) atoms. The van der Waals surface area contributed by atoms with Crippen LogP contribution in [0.5, 0.6) is 0 Å². The number of ether oxygens (including phenoxy) is 1. The number of likely N-dealkylation sites (N-methyl/N-ethyl adjacent to an activating group) is 1. The molecule has 202 valence electrons. The fraction of sp³-hybridized carbons (Fsp3) is 0.370. The average Bonchev–Trinajstić information content (AvgIpc) is 3.02. The van der Waals surface area contributed by atoms with E-state index in [2.05, 4.69) is 4.99 Å². The Morgan fingerprint density at radius 2 is 1.87 bits per heavy atom. The van der Waals surface area contributed by atoms with Crippen molar-refractivity contribution in [2.75, 3.05) is 40.8 Å². The highest BCUT2D eigenvalue weighted by molar-refractivity contribution is 6.05. The second-order valence-corrected chi connectivity index (χ2v) is 9.98. The lowest BCUT2D eigenvalue weighted by atomic mass is 10.0. The van der Waals surface area contributed by atoms with Gasteiger partial charge >= 0.3 is 5.97 Å². The Balaban J connectivity index is 1.75. The Kier molecular flexibility index (Phi) is 9.32. The van der Waals surface area contributed by atoms with E-state index in [1.807, 2.05) is 28.1 Å². The molecule has 2 aromatic carbocycles. The molecule has 11 heteroatoms. The third-order valence-corrected chi connectivity index (χ3v) is 5.69. The number of hydrogen-bond donors (Lipinski definition) is 1. The van der Waals surface area contributed by atoms with Gasteiger partial charge in [-0.1, -0.05) is 13.0 Å². The summed E-state index contributed by atoms with van der Waals surface area (Å²) in [5, 5.41) is 12.1. The number of carbonyl (C=O) groups is 2. The molecular weight excluding hydrogens is 490 g/mol. The number of benzene rings is 2. The molecule has 1 aliphatic rings. The van der Waals surface area contributed by atoms with Crippen molar-refractivity contribution in [2.45, 2.75) is 26.4 Å². The minimum Gasteiger partial charge on any atom is -0.456 e. The van der Waals surface area contributed by atoms with E-state index < -0.39 is 10.9 Å². The Labute approximate surface area is 221 Å². The monoisotopic (exact) mass is 524 g/mol. The van der Waals surface area contributed by atoms with Crippen LogP contribution in [0.25, 0.3) is 6.08 Å². The Bertz CT molecular complexity index is 1250. The van der Waals surface area contributed by atoms with Crippen molar-refractivity contribution in [2.24, 2.45) is 10.7 Å². The lowest BCUT2D eigenvalue weighted by molar-refractivity contribution is -0.870. The molecule has 1 heterocycles. The third-order valence-electron chi connectivity index (χ3n) is 5.69. The molecule has 1 aliphatic heterocycles. The van der Waals surface area contributed by atoms with Gasteiger partial charge in [0.25, 0.3) is 11.6 Å². The smallest absolute Gasteiger partial charge is 0.338 e. The minimum atomic E-state index is -0.474. The number of rotatable bonds is 11. The molecule has 3 rings (SSSR count). The van der Waals surface area contributed by atoms with E-state index in [4.69, 9.17) is 15.3 Å². The van der Waals surface area contributed by atoms with Crippen LogP contribution in [0.4, 0.5) is 11.4 Å². The van der Waals surface area contributed by atoms with E-state index in [9.17, 15) is 19.7 Å². The molecule has 0 radical (unpaired) electrons. The lowest BCUT2D eigenvalue weighted by Gasteiger charge is -2.23. The summed E-state index contributed by atoms with van der Waals surface area (Å²) in [4.78, 5) is 46.5. The molecule has 11 nitrogen and oxygen atoms in total. The quantitative estimate of drug-likeness (QED) is 0.205. The molecule has 0 aromatic heterocycles. The van der Waals surface area contributed by atoms with Crippen LogP contribution in [0, 0.1) is 10.1 Å². The van der Waals surface area contributed by atoms with Crippen molar-refractivity contribution in [3.8, 4) is 0 Å². The van der Waals surface area contributed by atoms with Gasteiger partial charge in [-0.05, 0) is 42.3 Å². The van der Waals surface area contributed by atoms with Crippen molar-refractivity contribution < 1.29 is 28.6 Å². The molecule has 1 amide bonds. The zero-order chi connectivity index (χ0) is 27.9. The number of amides is 1. The summed E-state index contributed by atoms with van der Waals surface area (Å²) < 4.78 is 6.07. The van der Waals surface area contributed by atoms with Crippen LogP contribution in [-0.2, 0) is 21.0 Å². The minimum absolute atomic E-state index is 0.0205. The molecular formula is C27H34N5O6+. The Morgan fingerprint density at radius 3 is 2.50 bits per heavy atom. The summed E-state index contributed by atoms with van der Waals surface area (Å²) in [6.45, 7) is 3.29. The zero-order valence-electron chi connectivity index (χ0n) is 22.2. The molecule has 0 atom stereocenters. The van der Waals surface area contributed by atoms with Gasteiger partial charge in [-0.15, -0.1) is 0 Å². The first-order valence-corrected chi connectivity index (χ1v) is 12.3. The number of hydroxylamine groups is 2. The number of quaternary nitrogens is 1. The van der Waals surface area contributed by atoms with Crippen molar-refractivity contribution in [1.29, 1.82) is 0 Å². The van der Waals surface area contributed by atoms with Crippen molar-refractivity contribution in [3.05, 3.63) is 74.8 Å². The van der Waals surface area contributed by atoms with Gasteiger partial charge in [-0.2, -0.15) is 0 Å². The molecule has 2 aromatic rings. The van der Waals surface area contributed by atoms with Crippen molar-refractivity contribution in [3.63, 3.8) is 0 Å². The molecule has 0 bridgehead atoms. The normalized spacial score (nSPS) is 13.1. The molecule has 0 aliphatic carbocycles. The average molecular weight is 525 g/mol. The van der Waals surface area contributed by atoms with Crippen molar-refractivity contribution in [1.82, 2.24) is 5.06 Å². The predicted octanol–water partition coefficient (Wildman–Crippen LogP) is 3.60.